The maximum atomic E-state index is 12.4. The Bertz CT molecular complexity index is 474. The van der Waals surface area contributed by atoms with Gasteiger partial charge in [-0.1, -0.05) is 39.0 Å². The summed E-state index contributed by atoms with van der Waals surface area (Å²) in [5.74, 6) is 1.56. The highest BCUT2D eigenvalue weighted by atomic mass is 16.5. The summed E-state index contributed by atoms with van der Waals surface area (Å²) in [4.78, 5) is 14.1. The van der Waals surface area contributed by atoms with Crippen molar-refractivity contribution >= 4 is 5.91 Å². The molecule has 1 aromatic rings. The van der Waals surface area contributed by atoms with E-state index in [4.69, 9.17) is 10.5 Å². The Kier molecular flexibility index (Phi) is 7.39. The van der Waals surface area contributed by atoms with E-state index in [-0.39, 0.29) is 17.9 Å². The van der Waals surface area contributed by atoms with Crippen molar-refractivity contribution in [2.45, 2.75) is 45.6 Å². The Labute approximate surface area is 134 Å². The van der Waals surface area contributed by atoms with Crippen LogP contribution in [0, 0.1) is 5.92 Å². The van der Waals surface area contributed by atoms with Gasteiger partial charge >= 0.3 is 0 Å². The van der Waals surface area contributed by atoms with Gasteiger partial charge in [-0.15, -0.1) is 0 Å². The van der Waals surface area contributed by atoms with Crippen LogP contribution in [0.3, 0.4) is 0 Å². The number of benzene rings is 1. The zero-order valence-electron chi connectivity index (χ0n) is 14.5. The van der Waals surface area contributed by atoms with Crippen LogP contribution in [0.5, 0.6) is 5.75 Å². The summed E-state index contributed by atoms with van der Waals surface area (Å²) in [5, 5.41) is 0. The highest BCUT2D eigenvalue weighted by Gasteiger charge is 2.18. The first-order chi connectivity index (χ1) is 10.4. The number of carbonyl (C=O) groups is 1. The summed E-state index contributed by atoms with van der Waals surface area (Å²) in [6, 6.07) is 8.01. The Hall–Kier alpha value is -1.55. The van der Waals surface area contributed by atoms with Gasteiger partial charge in [0, 0.05) is 26.1 Å². The number of hydrogen-bond donors (Lipinski definition) is 1. The van der Waals surface area contributed by atoms with Crippen LogP contribution >= 0.6 is 0 Å². The van der Waals surface area contributed by atoms with Gasteiger partial charge in [-0.25, -0.2) is 0 Å². The minimum Gasteiger partial charge on any atom is -0.496 e. The van der Waals surface area contributed by atoms with E-state index in [1.54, 1.807) is 12.0 Å². The van der Waals surface area contributed by atoms with Gasteiger partial charge in [0.05, 0.1) is 7.11 Å². The Morgan fingerprint density at radius 1 is 1.27 bits per heavy atom. The number of carbonyl (C=O) groups excluding carboxylic acids is 1. The van der Waals surface area contributed by atoms with E-state index in [2.05, 4.69) is 20.8 Å². The first-order valence-corrected chi connectivity index (χ1v) is 7.99. The average molecular weight is 306 g/mol. The SMILES string of the molecule is COc1ccccc1C(C)CC(=O)N(C)CCC(N)C(C)C. The van der Waals surface area contributed by atoms with E-state index < -0.39 is 0 Å². The highest BCUT2D eigenvalue weighted by Crippen LogP contribution is 2.28. The van der Waals surface area contributed by atoms with Gasteiger partial charge in [-0.2, -0.15) is 0 Å². The summed E-state index contributed by atoms with van der Waals surface area (Å²) in [7, 11) is 3.51. The van der Waals surface area contributed by atoms with Crippen molar-refractivity contribution in [3.8, 4) is 5.75 Å². The molecule has 0 spiro atoms. The minimum atomic E-state index is 0.130. The molecule has 0 fully saturated rings. The van der Waals surface area contributed by atoms with E-state index in [9.17, 15) is 4.79 Å². The number of methoxy groups -OCH3 is 1. The predicted octanol–water partition coefficient (Wildman–Crippen LogP) is 3.02. The number of rotatable bonds is 8. The van der Waals surface area contributed by atoms with Crippen molar-refractivity contribution in [3.63, 3.8) is 0 Å². The standard InChI is InChI=1S/C18H30N2O2/c1-13(2)16(19)10-11-20(4)18(21)12-14(3)15-8-6-7-9-17(15)22-5/h6-9,13-14,16H,10-12,19H2,1-5H3. The fraction of sp³-hybridized carbons (Fsp3) is 0.611. The van der Waals surface area contributed by atoms with Crippen LogP contribution in [0.2, 0.25) is 0 Å². The first-order valence-electron chi connectivity index (χ1n) is 7.99. The lowest BCUT2D eigenvalue weighted by atomic mass is 9.96. The second-order valence-electron chi connectivity index (χ2n) is 6.36. The number of para-hydroxylation sites is 1. The fourth-order valence-corrected chi connectivity index (χ4v) is 2.40. The van der Waals surface area contributed by atoms with Crippen LogP contribution in [0.25, 0.3) is 0 Å². The molecule has 0 saturated carbocycles. The van der Waals surface area contributed by atoms with Gasteiger partial charge in [0.25, 0.3) is 0 Å². The summed E-state index contributed by atoms with van der Waals surface area (Å²) >= 11 is 0. The molecule has 1 rings (SSSR count). The van der Waals surface area contributed by atoms with Crippen molar-refractivity contribution < 1.29 is 9.53 Å². The zero-order chi connectivity index (χ0) is 16.7. The van der Waals surface area contributed by atoms with Gasteiger partial charge in [-0.05, 0) is 29.9 Å². The molecule has 0 aliphatic rings. The van der Waals surface area contributed by atoms with Gasteiger partial charge in [0.2, 0.25) is 5.91 Å². The third-order valence-corrected chi connectivity index (χ3v) is 4.23. The first kappa shape index (κ1) is 18.5. The van der Waals surface area contributed by atoms with Crippen LogP contribution in [0.1, 0.15) is 45.1 Å². The van der Waals surface area contributed by atoms with Gasteiger partial charge in [0.15, 0.2) is 0 Å². The largest absolute Gasteiger partial charge is 0.496 e. The van der Waals surface area contributed by atoms with Gasteiger partial charge in [-0.3, -0.25) is 4.79 Å². The van der Waals surface area contributed by atoms with Gasteiger partial charge in [0.1, 0.15) is 5.75 Å². The Morgan fingerprint density at radius 3 is 2.50 bits per heavy atom. The molecule has 22 heavy (non-hydrogen) atoms. The predicted molar refractivity (Wildman–Crippen MR) is 91.1 cm³/mol. The zero-order valence-corrected chi connectivity index (χ0v) is 14.5. The molecule has 0 aromatic heterocycles. The normalized spacial score (nSPS) is 13.8. The monoisotopic (exact) mass is 306 g/mol. The van der Waals surface area contributed by atoms with Gasteiger partial charge < -0.3 is 15.4 Å². The smallest absolute Gasteiger partial charge is 0.222 e. The highest BCUT2D eigenvalue weighted by molar-refractivity contribution is 5.77. The van der Waals surface area contributed by atoms with E-state index in [0.717, 1.165) is 17.7 Å². The molecule has 0 aliphatic heterocycles. The molecule has 0 bridgehead atoms. The van der Waals surface area contributed by atoms with E-state index in [0.29, 0.717) is 18.9 Å². The molecule has 0 aliphatic carbocycles. The van der Waals surface area contributed by atoms with Crippen LogP contribution in [-0.4, -0.2) is 37.6 Å². The summed E-state index contributed by atoms with van der Waals surface area (Å²) in [5.41, 5.74) is 7.12. The number of hydrogen-bond acceptors (Lipinski definition) is 3. The van der Waals surface area contributed by atoms with Crippen molar-refractivity contribution in [2.24, 2.45) is 11.7 Å². The molecule has 0 saturated heterocycles. The van der Waals surface area contributed by atoms with Crippen LogP contribution in [0.15, 0.2) is 24.3 Å². The molecule has 2 N–H and O–H groups in total. The summed E-state index contributed by atoms with van der Waals surface area (Å²) in [6.07, 6.45) is 1.32. The lowest BCUT2D eigenvalue weighted by Gasteiger charge is -2.23. The quantitative estimate of drug-likeness (QED) is 0.803. The third-order valence-electron chi connectivity index (χ3n) is 4.23. The molecule has 2 unspecified atom stereocenters. The van der Waals surface area contributed by atoms with Crippen LogP contribution in [0.4, 0.5) is 0 Å². The number of amides is 1. The third kappa shape index (κ3) is 5.34. The minimum absolute atomic E-state index is 0.130. The molecule has 124 valence electrons. The van der Waals surface area contributed by atoms with Crippen molar-refractivity contribution in [1.82, 2.24) is 4.90 Å². The topological polar surface area (TPSA) is 55.6 Å². The summed E-state index contributed by atoms with van der Waals surface area (Å²) in [6.45, 7) is 6.98. The Morgan fingerprint density at radius 2 is 1.91 bits per heavy atom. The Balaban J connectivity index is 2.56. The maximum Gasteiger partial charge on any atom is 0.222 e. The molecule has 0 heterocycles. The van der Waals surface area contributed by atoms with Crippen molar-refractivity contribution in [2.75, 3.05) is 20.7 Å². The lowest BCUT2D eigenvalue weighted by molar-refractivity contribution is -0.130. The molecule has 4 nitrogen and oxygen atoms in total. The number of ether oxygens (including phenoxy) is 1. The van der Waals surface area contributed by atoms with Crippen LogP contribution in [-0.2, 0) is 4.79 Å². The number of nitrogens with zero attached hydrogens (tertiary/aromatic N) is 1. The van der Waals surface area contributed by atoms with E-state index in [1.165, 1.54) is 0 Å². The van der Waals surface area contributed by atoms with Crippen LogP contribution < -0.4 is 10.5 Å². The lowest BCUT2D eigenvalue weighted by Crippen LogP contribution is -2.35. The maximum absolute atomic E-state index is 12.4. The summed E-state index contributed by atoms with van der Waals surface area (Å²) < 4.78 is 5.37. The average Bonchev–Trinajstić information content (AvgIpc) is 2.51. The molecule has 4 heteroatoms. The second-order valence-corrected chi connectivity index (χ2v) is 6.36. The molecule has 2 atom stereocenters. The van der Waals surface area contributed by atoms with Crippen molar-refractivity contribution in [3.05, 3.63) is 29.8 Å². The van der Waals surface area contributed by atoms with E-state index in [1.807, 2.05) is 31.3 Å². The fourth-order valence-electron chi connectivity index (χ4n) is 2.40. The molecule has 0 radical (unpaired) electrons. The van der Waals surface area contributed by atoms with E-state index >= 15 is 0 Å². The molecule has 1 aromatic carbocycles. The molecule has 1 amide bonds. The number of nitrogens with two attached hydrogens (primary N) is 1. The second kappa shape index (κ2) is 8.79. The molecular formula is C18H30N2O2. The molecular weight excluding hydrogens is 276 g/mol. The van der Waals surface area contributed by atoms with Crippen molar-refractivity contribution in [1.29, 1.82) is 0 Å².